The predicted molar refractivity (Wildman–Crippen MR) is 60.0 cm³/mol. The van der Waals surface area contributed by atoms with E-state index in [1.54, 1.807) is 0 Å². The maximum absolute atomic E-state index is 5.44. The lowest BCUT2D eigenvalue weighted by Crippen LogP contribution is -2.11. The quantitative estimate of drug-likeness (QED) is 0.585. The standard InChI is InChI=1S/C14H16/c1-2-12-8-10-14(11-9-12)13-6-4-3-5-7-13/h1,3-7,12,14H,8-11H2. The minimum absolute atomic E-state index is 0.537. The third kappa shape index (κ3) is 1.99. The van der Waals surface area contributed by atoms with Crippen molar-refractivity contribution in [3.05, 3.63) is 35.9 Å². The summed E-state index contributed by atoms with van der Waals surface area (Å²) in [6, 6.07) is 10.8. The van der Waals surface area contributed by atoms with E-state index in [1.807, 2.05) is 0 Å². The van der Waals surface area contributed by atoms with Crippen LogP contribution in [0.3, 0.4) is 0 Å². The average molecular weight is 184 g/mol. The van der Waals surface area contributed by atoms with Crippen molar-refractivity contribution in [1.29, 1.82) is 0 Å². The summed E-state index contributed by atoms with van der Waals surface area (Å²) < 4.78 is 0. The van der Waals surface area contributed by atoms with Gasteiger partial charge in [0.05, 0.1) is 0 Å². The molecule has 0 amide bonds. The maximum Gasteiger partial charge on any atom is 0.0200 e. The lowest BCUT2D eigenvalue weighted by atomic mass is 9.79. The molecule has 1 aromatic carbocycles. The summed E-state index contributed by atoms with van der Waals surface area (Å²) in [6.45, 7) is 0. The molecule has 14 heavy (non-hydrogen) atoms. The van der Waals surface area contributed by atoms with Crippen molar-refractivity contribution in [1.82, 2.24) is 0 Å². The molecule has 1 aliphatic rings. The predicted octanol–water partition coefficient (Wildman–Crippen LogP) is 3.59. The lowest BCUT2D eigenvalue weighted by Gasteiger charge is -2.25. The molecule has 0 nitrogen and oxygen atoms in total. The Labute approximate surface area is 86.3 Å². The van der Waals surface area contributed by atoms with Crippen LogP contribution in [-0.2, 0) is 0 Å². The van der Waals surface area contributed by atoms with Gasteiger partial charge in [0.25, 0.3) is 0 Å². The molecule has 0 aromatic heterocycles. The zero-order valence-electron chi connectivity index (χ0n) is 8.45. The fraction of sp³-hybridized carbons (Fsp3) is 0.429. The fourth-order valence-corrected chi connectivity index (χ4v) is 2.32. The van der Waals surface area contributed by atoms with Gasteiger partial charge in [0.1, 0.15) is 0 Å². The van der Waals surface area contributed by atoms with Crippen LogP contribution in [0.4, 0.5) is 0 Å². The van der Waals surface area contributed by atoms with Gasteiger partial charge in [-0.1, -0.05) is 30.3 Å². The van der Waals surface area contributed by atoms with Crippen molar-refractivity contribution < 1.29 is 0 Å². The lowest BCUT2D eigenvalue weighted by molar-refractivity contribution is 0.385. The number of hydrogen-bond acceptors (Lipinski definition) is 0. The Hall–Kier alpha value is -1.22. The first kappa shape index (κ1) is 9.34. The minimum Gasteiger partial charge on any atom is -0.120 e. The van der Waals surface area contributed by atoms with E-state index in [0.29, 0.717) is 5.92 Å². The van der Waals surface area contributed by atoms with Gasteiger partial charge in [-0.25, -0.2) is 0 Å². The summed E-state index contributed by atoms with van der Waals surface area (Å²) in [5.74, 6) is 4.16. The van der Waals surface area contributed by atoms with E-state index in [9.17, 15) is 0 Å². The first-order valence-electron chi connectivity index (χ1n) is 5.41. The Bertz CT molecular complexity index is 310. The molecule has 0 saturated heterocycles. The zero-order chi connectivity index (χ0) is 9.80. The van der Waals surface area contributed by atoms with E-state index in [1.165, 1.54) is 31.2 Å². The Morgan fingerprint density at radius 1 is 1.00 bits per heavy atom. The van der Waals surface area contributed by atoms with Gasteiger partial charge in [-0.15, -0.1) is 12.3 Å². The Morgan fingerprint density at radius 3 is 2.21 bits per heavy atom. The molecule has 72 valence electrons. The van der Waals surface area contributed by atoms with Gasteiger partial charge in [-0.05, 0) is 37.2 Å². The van der Waals surface area contributed by atoms with E-state index in [0.717, 1.165) is 5.92 Å². The number of benzene rings is 1. The van der Waals surface area contributed by atoms with Crippen LogP contribution in [0.15, 0.2) is 30.3 Å². The second kappa shape index (κ2) is 4.33. The van der Waals surface area contributed by atoms with Crippen molar-refractivity contribution in [2.45, 2.75) is 31.6 Å². The summed E-state index contributed by atoms with van der Waals surface area (Å²) in [7, 11) is 0. The molecule has 0 heterocycles. The molecule has 2 rings (SSSR count). The third-order valence-electron chi connectivity index (χ3n) is 3.23. The summed E-state index contributed by atoms with van der Waals surface area (Å²) in [5, 5.41) is 0. The maximum atomic E-state index is 5.44. The second-order valence-corrected chi connectivity index (χ2v) is 4.13. The molecule has 0 spiro atoms. The monoisotopic (exact) mass is 184 g/mol. The van der Waals surface area contributed by atoms with Crippen LogP contribution in [0.2, 0.25) is 0 Å². The number of hydrogen-bond donors (Lipinski definition) is 0. The topological polar surface area (TPSA) is 0 Å². The molecular formula is C14H16. The highest BCUT2D eigenvalue weighted by Gasteiger charge is 2.20. The fourth-order valence-electron chi connectivity index (χ4n) is 2.32. The molecule has 0 radical (unpaired) electrons. The highest BCUT2D eigenvalue weighted by Crippen LogP contribution is 2.35. The van der Waals surface area contributed by atoms with Crippen LogP contribution in [0.25, 0.3) is 0 Å². The Kier molecular flexibility index (Phi) is 2.89. The minimum atomic E-state index is 0.537. The number of rotatable bonds is 1. The molecule has 1 aliphatic carbocycles. The van der Waals surface area contributed by atoms with Gasteiger partial charge < -0.3 is 0 Å². The molecule has 0 aliphatic heterocycles. The molecule has 0 atom stereocenters. The van der Waals surface area contributed by atoms with Crippen molar-refractivity contribution in [3.63, 3.8) is 0 Å². The van der Waals surface area contributed by atoms with Gasteiger partial charge in [0.2, 0.25) is 0 Å². The van der Waals surface area contributed by atoms with Crippen LogP contribution in [0.5, 0.6) is 0 Å². The van der Waals surface area contributed by atoms with Gasteiger partial charge in [0, 0.05) is 5.92 Å². The van der Waals surface area contributed by atoms with E-state index < -0.39 is 0 Å². The molecule has 1 saturated carbocycles. The average Bonchev–Trinajstić information content (AvgIpc) is 2.30. The molecule has 0 N–H and O–H groups in total. The van der Waals surface area contributed by atoms with Crippen molar-refractivity contribution in [2.24, 2.45) is 5.92 Å². The molecule has 0 bridgehead atoms. The molecule has 0 heteroatoms. The highest BCUT2D eigenvalue weighted by molar-refractivity contribution is 5.20. The van der Waals surface area contributed by atoms with Crippen LogP contribution in [0, 0.1) is 18.3 Å². The SMILES string of the molecule is C#CC1CCC(c2ccccc2)CC1. The van der Waals surface area contributed by atoms with Gasteiger partial charge in [-0.2, -0.15) is 0 Å². The second-order valence-electron chi connectivity index (χ2n) is 4.13. The number of terminal acetylenes is 1. The van der Waals surface area contributed by atoms with Gasteiger partial charge in [0.15, 0.2) is 0 Å². The summed E-state index contributed by atoms with van der Waals surface area (Å²) >= 11 is 0. The van der Waals surface area contributed by atoms with Crippen molar-refractivity contribution >= 4 is 0 Å². The van der Waals surface area contributed by atoms with Crippen LogP contribution >= 0.6 is 0 Å². The molecule has 1 aromatic rings. The van der Waals surface area contributed by atoms with Crippen molar-refractivity contribution in [3.8, 4) is 12.3 Å². The molecule has 0 unspecified atom stereocenters. The zero-order valence-corrected chi connectivity index (χ0v) is 8.45. The Morgan fingerprint density at radius 2 is 1.64 bits per heavy atom. The largest absolute Gasteiger partial charge is 0.120 e. The van der Waals surface area contributed by atoms with Gasteiger partial charge in [-0.3, -0.25) is 0 Å². The molecule has 1 fully saturated rings. The molecular weight excluding hydrogens is 168 g/mol. The van der Waals surface area contributed by atoms with E-state index >= 15 is 0 Å². The summed E-state index contributed by atoms with van der Waals surface area (Å²) in [6.07, 6.45) is 10.4. The van der Waals surface area contributed by atoms with E-state index in [4.69, 9.17) is 6.42 Å². The van der Waals surface area contributed by atoms with E-state index in [-0.39, 0.29) is 0 Å². The van der Waals surface area contributed by atoms with Crippen LogP contribution < -0.4 is 0 Å². The van der Waals surface area contributed by atoms with Crippen LogP contribution in [0.1, 0.15) is 37.2 Å². The van der Waals surface area contributed by atoms with Crippen molar-refractivity contribution in [2.75, 3.05) is 0 Å². The third-order valence-corrected chi connectivity index (χ3v) is 3.23. The van der Waals surface area contributed by atoms with E-state index in [2.05, 4.69) is 36.3 Å². The first-order chi connectivity index (χ1) is 6.90. The summed E-state index contributed by atoms with van der Waals surface area (Å²) in [4.78, 5) is 0. The highest BCUT2D eigenvalue weighted by atomic mass is 14.2. The van der Waals surface area contributed by atoms with Crippen LogP contribution in [-0.4, -0.2) is 0 Å². The smallest absolute Gasteiger partial charge is 0.0200 e. The summed E-state index contributed by atoms with van der Waals surface area (Å²) in [5.41, 5.74) is 1.49. The normalized spacial score (nSPS) is 26.8. The van der Waals surface area contributed by atoms with Gasteiger partial charge >= 0.3 is 0 Å². The Balaban J connectivity index is 2.00. The first-order valence-corrected chi connectivity index (χ1v) is 5.41.